The van der Waals surface area contributed by atoms with Crippen LogP contribution in [0.3, 0.4) is 0 Å². The Bertz CT molecular complexity index is 3440. The fourth-order valence-electron chi connectivity index (χ4n) is 8.96. The standard InChI is InChI=1S/C29H28N6O3.C29H28N6O2/c1-35(37)12-10-21(11-13-35)20-38-26-17-31-29(32-18-26)25-7-3-5-23(15-25)19-34-28(36)9-8-27(33-34)24-6-2-4-22(14-24)16-30;1-34-12-10-21(11-13-34)20-37-26-17-31-29(32-18-26)25-7-3-5-23(15-25)19-35-28(36)9-8-27(33-35)24-6-2-4-22(14-24)16-30/h2-9,14-15,17-18,21H,10-13,19-20H2,1H3;2-9,14-15,17-18,21H,10-13,19-20H2,1H3. The lowest BCUT2D eigenvalue weighted by Gasteiger charge is -2.43. The summed E-state index contributed by atoms with van der Waals surface area (Å²) in [5.74, 6) is 3.36. The van der Waals surface area contributed by atoms with E-state index < -0.39 is 0 Å². The lowest BCUT2D eigenvalue weighted by Crippen LogP contribution is -2.45. The molecule has 2 aliphatic heterocycles. The van der Waals surface area contributed by atoms with Crippen molar-refractivity contribution in [1.29, 1.82) is 10.5 Å². The highest BCUT2D eigenvalue weighted by Crippen LogP contribution is 2.25. The van der Waals surface area contributed by atoms with Crippen LogP contribution in [0.2, 0.25) is 0 Å². The normalized spacial score (nSPS) is 16.7. The van der Waals surface area contributed by atoms with Gasteiger partial charge in [0.2, 0.25) is 0 Å². The minimum atomic E-state index is -0.217. The monoisotopic (exact) mass is 1000 g/mol. The highest BCUT2D eigenvalue weighted by molar-refractivity contribution is 5.62. The minimum Gasteiger partial charge on any atom is -0.633 e. The van der Waals surface area contributed by atoms with Crippen molar-refractivity contribution in [3.8, 4) is 68.9 Å². The second kappa shape index (κ2) is 23.9. The number of ether oxygens (including phenoxy) is 2. The number of hydrogen-bond donors (Lipinski definition) is 0. The molecule has 378 valence electrons. The predicted molar refractivity (Wildman–Crippen MR) is 284 cm³/mol. The van der Waals surface area contributed by atoms with Gasteiger partial charge in [-0.1, -0.05) is 60.7 Å². The van der Waals surface area contributed by atoms with Crippen molar-refractivity contribution >= 4 is 0 Å². The topological polar surface area (TPSA) is 214 Å². The molecule has 0 unspecified atom stereocenters. The Labute approximate surface area is 434 Å². The van der Waals surface area contributed by atoms with Crippen molar-refractivity contribution in [2.45, 2.75) is 38.8 Å². The third kappa shape index (κ3) is 13.9. The molecule has 8 aromatic rings. The van der Waals surface area contributed by atoms with E-state index in [-0.39, 0.29) is 22.3 Å². The molecule has 17 heteroatoms. The van der Waals surface area contributed by atoms with Crippen LogP contribution in [0, 0.1) is 39.7 Å². The fraction of sp³-hybridized carbons (Fsp3) is 0.276. The van der Waals surface area contributed by atoms with Crippen molar-refractivity contribution < 1.29 is 14.1 Å². The summed E-state index contributed by atoms with van der Waals surface area (Å²) in [5.41, 5.74) is 6.92. The van der Waals surface area contributed by atoms with E-state index in [1.807, 2.05) is 60.7 Å². The molecule has 2 saturated heterocycles. The molecule has 10 rings (SSSR count). The van der Waals surface area contributed by atoms with E-state index in [9.17, 15) is 25.3 Å². The van der Waals surface area contributed by atoms with Crippen molar-refractivity contribution in [2.24, 2.45) is 11.8 Å². The van der Waals surface area contributed by atoms with Gasteiger partial charge in [-0.3, -0.25) is 9.59 Å². The molecule has 0 N–H and O–H groups in total. The van der Waals surface area contributed by atoms with Gasteiger partial charge in [0.25, 0.3) is 11.1 Å². The third-order valence-electron chi connectivity index (χ3n) is 13.4. The van der Waals surface area contributed by atoms with Gasteiger partial charge in [0.05, 0.1) is 106 Å². The Morgan fingerprint density at radius 3 is 1.43 bits per heavy atom. The number of quaternary nitrogens is 1. The van der Waals surface area contributed by atoms with Gasteiger partial charge >= 0.3 is 0 Å². The molecule has 2 aliphatic rings. The number of aromatic nitrogens is 8. The zero-order chi connectivity index (χ0) is 52.2. The van der Waals surface area contributed by atoms with E-state index in [1.165, 1.54) is 21.5 Å². The molecule has 0 saturated carbocycles. The maximum absolute atomic E-state index is 12.5. The molecule has 6 heterocycles. The van der Waals surface area contributed by atoms with Gasteiger partial charge in [-0.25, -0.2) is 29.3 Å². The molecule has 0 aliphatic carbocycles. The van der Waals surface area contributed by atoms with Crippen LogP contribution < -0.4 is 20.6 Å². The van der Waals surface area contributed by atoms with Gasteiger partial charge in [-0.2, -0.15) is 20.7 Å². The number of hydrogen-bond acceptors (Lipinski definition) is 14. The smallest absolute Gasteiger partial charge is 0.267 e. The van der Waals surface area contributed by atoms with Crippen LogP contribution in [0.1, 0.15) is 47.9 Å². The molecule has 2 fully saturated rings. The Morgan fingerprint density at radius 2 is 0.987 bits per heavy atom. The van der Waals surface area contributed by atoms with Crippen molar-refractivity contribution in [2.75, 3.05) is 53.5 Å². The van der Waals surface area contributed by atoms with E-state index in [0.29, 0.717) is 90.3 Å². The van der Waals surface area contributed by atoms with Crippen LogP contribution in [0.15, 0.2) is 156 Å². The number of piperidine rings is 2. The van der Waals surface area contributed by atoms with Crippen LogP contribution >= 0.6 is 0 Å². The molecule has 0 amide bonds. The third-order valence-corrected chi connectivity index (χ3v) is 13.4. The SMILES string of the molecule is CN1CCC(COc2cnc(-c3cccc(Cn4nc(-c5cccc(C#N)c5)ccc4=O)c3)nc2)CC1.C[N+]1([O-])CCC(COc2cnc(-c3cccc(Cn4nc(-c5cccc(C#N)c5)ccc4=O)c3)nc2)CC1. The summed E-state index contributed by atoms with van der Waals surface area (Å²) in [6, 6.07) is 40.3. The lowest BCUT2D eigenvalue weighted by atomic mass is 9.98. The number of nitrogens with zero attached hydrogens (tertiary/aromatic N) is 12. The molecule has 0 bridgehead atoms. The number of rotatable bonds is 14. The first kappa shape index (κ1) is 51.2. The van der Waals surface area contributed by atoms with Crippen molar-refractivity contribution in [3.63, 3.8) is 0 Å². The van der Waals surface area contributed by atoms with Gasteiger partial charge in [-0.05, 0) is 98.6 Å². The summed E-state index contributed by atoms with van der Waals surface area (Å²) in [6.45, 7) is 5.30. The number of hydroxylamine groups is 3. The number of benzene rings is 4. The van der Waals surface area contributed by atoms with Gasteiger partial charge in [0.1, 0.15) is 0 Å². The summed E-state index contributed by atoms with van der Waals surface area (Å²) >= 11 is 0. The van der Waals surface area contributed by atoms with Crippen molar-refractivity contribution in [3.05, 3.63) is 194 Å². The molecule has 0 radical (unpaired) electrons. The van der Waals surface area contributed by atoms with E-state index in [0.717, 1.165) is 72.2 Å². The second-order valence-corrected chi connectivity index (χ2v) is 19.3. The largest absolute Gasteiger partial charge is 0.633 e. The van der Waals surface area contributed by atoms with E-state index in [1.54, 1.807) is 80.4 Å². The Morgan fingerprint density at radius 1 is 0.573 bits per heavy atom. The van der Waals surface area contributed by atoms with Crippen molar-refractivity contribution in [1.82, 2.24) is 44.4 Å². The predicted octanol–water partition coefficient (Wildman–Crippen LogP) is 8.03. The molecule has 4 aromatic heterocycles. The maximum Gasteiger partial charge on any atom is 0.267 e. The quantitative estimate of drug-likeness (QED) is 0.0745. The van der Waals surface area contributed by atoms with Crippen LogP contribution in [0.25, 0.3) is 45.3 Å². The summed E-state index contributed by atoms with van der Waals surface area (Å²) in [7, 11) is 3.88. The first-order valence-electron chi connectivity index (χ1n) is 25.0. The summed E-state index contributed by atoms with van der Waals surface area (Å²) in [4.78, 5) is 45.3. The Hall–Kier alpha value is -8.74. The van der Waals surface area contributed by atoms with Gasteiger partial charge in [0.15, 0.2) is 23.1 Å². The van der Waals surface area contributed by atoms with E-state index >= 15 is 0 Å². The summed E-state index contributed by atoms with van der Waals surface area (Å²) in [5, 5.41) is 39.4. The number of nitriles is 2. The average Bonchev–Trinajstić information content (AvgIpc) is 3.44. The maximum atomic E-state index is 12.5. The van der Waals surface area contributed by atoms with Gasteiger partial charge < -0.3 is 24.2 Å². The fourth-order valence-corrected chi connectivity index (χ4v) is 8.96. The van der Waals surface area contributed by atoms with Crippen LogP contribution in [0.4, 0.5) is 0 Å². The van der Waals surface area contributed by atoms with E-state index in [2.05, 4.69) is 54.2 Å². The molecule has 0 atom stereocenters. The summed E-state index contributed by atoms with van der Waals surface area (Å²) in [6.07, 6.45) is 10.8. The molecule has 4 aromatic carbocycles. The summed E-state index contributed by atoms with van der Waals surface area (Å²) < 4.78 is 14.5. The first-order valence-corrected chi connectivity index (χ1v) is 25.0. The van der Waals surface area contributed by atoms with Gasteiger partial charge in [-0.15, -0.1) is 0 Å². The minimum absolute atomic E-state index is 0.167. The molecular formula is C58H56N12O5. The highest BCUT2D eigenvalue weighted by Gasteiger charge is 2.24. The molecule has 75 heavy (non-hydrogen) atoms. The average molecular weight is 1000 g/mol. The first-order chi connectivity index (χ1) is 36.4. The van der Waals surface area contributed by atoms with Crippen LogP contribution in [0.5, 0.6) is 11.5 Å². The molecule has 17 nitrogen and oxygen atoms in total. The molecular weight excluding hydrogens is 945 g/mol. The molecule has 0 spiro atoms. The number of likely N-dealkylation sites (tertiary alicyclic amines) is 2. The Balaban J connectivity index is 0.000000184. The zero-order valence-corrected chi connectivity index (χ0v) is 41.9. The van der Waals surface area contributed by atoms with Gasteiger partial charge in [0, 0.05) is 53.1 Å². The lowest BCUT2D eigenvalue weighted by molar-refractivity contribution is -0.867. The Kier molecular flexibility index (Phi) is 16.3. The zero-order valence-electron chi connectivity index (χ0n) is 41.9. The van der Waals surface area contributed by atoms with E-state index in [4.69, 9.17) is 9.47 Å². The highest BCUT2D eigenvalue weighted by atomic mass is 16.5. The van der Waals surface area contributed by atoms with Crippen LogP contribution in [-0.2, 0) is 13.1 Å². The second-order valence-electron chi connectivity index (χ2n) is 19.3. The van der Waals surface area contributed by atoms with Crippen LogP contribution in [-0.4, -0.2) is 103 Å².